The molecule has 3 unspecified atom stereocenters. The first-order valence-electron chi connectivity index (χ1n) is 6.80. The maximum atomic E-state index is 12.4. The summed E-state index contributed by atoms with van der Waals surface area (Å²) in [5.74, 6) is 0.555. The van der Waals surface area contributed by atoms with Gasteiger partial charge >= 0.3 is 0 Å². The Hall–Kier alpha value is -1.00. The van der Waals surface area contributed by atoms with Crippen LogP contribution in [0.4, 0.5) is 0 Å². The molecule has 0 bridgehead atoms. The molecular weight excluding hydrogens is 256 g/mol. The summed E-state index contributed by atoms with van der Waals surface area (Å²) in [6.45, 7) is 5.39. The van der Waals surface area contributed by atoms with Crippen LogP contribution in [0.2, 0.25) is 0 Å². The quantitative estimate of drug-likeness (QED) is 0.835. The maximum absolute atomic E-state index is 12.4. The first-order chi connectivity index (χ1) is 9.13. The van der Waals surface area contributed by atoms with E-state index in [2.05, 4.69) is 24.5 Å². The standard InChI is InChI=1S/C15H22N2OS/c1-10-8-9-16-11(2)14(10)17-15(18)12-6-4-5-7-13(12)19-3/h4-7,10-11,14,16H,8-9H2,1-3H3,(H,17,18). The highest BCUT2D eigenvalue weighted by atomic mass is 32.2. The SMILES string of the molecule is CSc1ccccc1C(=O)NC1C(C)CCNC1C. The minimum Gasteiger partial charge on any atom is -0.347 e. The van der Waals surface area contributed by atoms with Gasteiger partial charge in [-0.25, -0.2) is 0 Å². The summed E-state index contributed by atoms with van der Waals surface area (Å²) >= 11 is 1.61. The van der Waals surface area contributed by atoms with Crippen molar-refractivity contribution in [3.8, 4) is 0 Å². The van der Waals surface area contributed by atoms with Crippen LogP contribution in [0.5, 0.6) is 0 Å². The highest BCUT2D eigenvalue weighted by Crippen LogP contribution is 2.21. The number of hydrogen-bond donors (Lipinski definition) is 2. The number of rotatable bonds is 3. The van der Waals surface area contributed by atoms with Gasteiger partial charge in [-0.15, -0.1) is 11.8 Å². The van der Waals surface area contributed by atoms with E-state index in [1.165, 1.54) is 0 Å². The number of thioether (sulfide) groups is 1. The second kappa shape index (κ2) is 6.44. The van der Waals surface area contributed by atoms with E-state index in [1.54, 1.807) is 11.8 Å². The molecule has 1 aliphatic rings. The fourth-order valence-corrected chi connectivity index (χ4v) is 3.26. The number of hydrogen-bond acceptors (Lipinski definition) is 3. The molecule has 1 aromatic carbocycles. The molecule has 1 aromatic rings. The monoisotopic (exact) mass is 278 g/mol. The number of carbonyl (C=O) groups is 1. The van der Waals surface area contributed by atoms with Gasteiger partial charge in [0.05, 0.1) is 5.56 Å². The summed E-state index contributed by atoms with van der Waals surface area (Å²) < 4.78 is 0. The lowest BCUT2D eigenvalue weighted by Gasteiger charge is -2.36. The summed E-state index contributed by atoms with van der Waals surface area (Å²) in [5, 5.41) is 6.62. The van der Waals surface area contributed by atoms with Gasteiger partial charge in [0.2, 0.25) is 0 Å². The molecule has 0 aliphatic carbocycles. The first kappa shape index (κ1) is 14.4. The van der Waals surface area contributed by atoms with Crippen molar-refractivity contribution < 1.29 is 4.79 Å². The molecule has 1 fully saturated rings. The van der Waals surface area contributed by atoms with E-state index in [1.807, 2.05) is 30.5 Å². The lowest BCUT2D eigenvalue weighted by molar-refractivity contribution is 0.0894. The number of piperidine rings is 1. The highest BCUT2D eigenvalue weighted by molar-refractivity contribution is 7.98. The van der Waals surface area contributed by atoms with Gasteiger partial charge in [-0.2, -0.15) is 0 Å². The lowest BCUT2D eigenvalue weighted by Crippen LogP contribution is -2.55. The largest absolute Gasteiger partial charge is 0.347 e. The van der Waals surface area contributed by atoms with Crippen molar-refractivity contribution in [3.05, 3.63) is 29.8 Å². The Labute approximate surface area is 119 Å². The van der Waals surface area contributed by atoms with Crippen LogP contribution in [-0.2, 0) is 0 Å². The summed E-state index contributed by atoms with van der Waals surface area (Å²) in [4.78, 5) is 13.5. The number of amides is 1. The minimum atomic E-state index is 0.0392. The van der Waals surface area contributed by atoms with E-state index in [4.69, 9.17) is 0 Å². The van der Waals surface area contributed by atoms with Crippen LogP contribution in [0.3, 0.4) is 0 Å². The average molecular weight is 278 g/mol. The van der Waals surface area contributed by atoms with Crippen molar-refractivity contribution in [1.82, 2.24) is 10.6 Å². The van der Waals surface area contributed by atoms with Crippen molar-refractivity contribution in [3.63, 3.8) is 0 Å². The lowest BCUT2D eigenvalue weighted by atomic mass is 9.89. The molecular formula is C15H22N2OS. The molecule has 19 heavy (non-hydrogen) atoms. The van der Waals surface area contributed by atoms with E-state index in [0.29, 0.717) is 12.0 Å². The Balaban J connectivity index is 2.11. The molecule has 2 rings (SSSR count). The Morgan fingerprint density at radius 1 is 1.37 bits per heavy atom. The van der Waals surface area contributed by atoms with Gasteiger partial charge in [-0.1, -0.05) is 19.1 Å². The zero-order valence-corrected chi connectivity index (χ0v) is 12.6. The predicted molar refractivity (Wildman–Crippen MR) is 80.7 cm³/mol. The fourth-order valence-electron chi connectivity index (χ4n) is 2.67. The third-order valence-corrected chi connectivity index (χ3v) is 4.66. The van der Waals surface area contributed by atoms with Crippen molar-refractivity contribution >= 4 is 17.7 Å². The highest BCUT2D eigenvalue weighted by Gasteiger charge is 2.29. The van der Waals surface area contributed by atoms with Crippen LogP contribution in [0.25, 0.3) is 0 Å². The Bertz CT molecular complexity index is 440. The first-order valence-corrected chi connectivity index (χ1v) is 8.03. The molecule has 0 saturated carbocycles. The molecule has 0 radical (unpaired) electrons. The summed E-state index contributed by atoms with van der Waals surface area (Å²) in [6.07, 6.45) is 3.11. The molecule has 3 nitrogen and oxygen atoms in total. The van der Waals surface area contributed by atoms with Crippen molar-refractivity contribution in [1.29, 1.82) is 0 Å². The molecule has 1 heterocycles. The molecule has 3 atom stereocenters. The number of carbonyl (C=O) groups excluding carboxylic acids is 1. The van der Waals surface area contributed by atoms with Gasteiger partial charge in [0, 0.05) is 17.0 Å². The molecule has 104 valence electrons. The summed E-state index contributed by atoms with van der Waals surface area (Å²) in [7, 11) is 0. The minimum absolute atomic E-state index is 0.0392. The topological polar surface area (TPSA) is 41.1 Å². The van der Waals surface area contributed by atoms with Gasteiger partial charge in [0.15, 0.2) is 0 Å². The van der Waals surface area contributed by atoms with Crippen LogP contribution in [0, 0.1) is 5.92 Å². The second-order valence-electron chi connectivity index (χ2n) is 5.21. The normalized spacial score (nSPS) is 27.0. The Morgan fingerprint density at radius 3 is 2.79 bits per heavy atom. The van der Waals surface area contributed by atoms with Crippen LogP contribution in [0.1, 0.15) is 30.6 Å². The molecule has 4 heteroatoms. The van der Waals surface area contributed by atoms with Crippen LogP contribution < -0.4 is 10.6 Å². The zero-order valence-electron chi connectivity index (χ0n) is 11.8. The molecule has 0 spiro atoms. The van der Waals surface area contributed by atoms with Gasteiger partial charge in [-0.3, -0.25) is 4.79 Å². The van der Waals surface area contributed by atoms with Crippen LogP contribution >= 0.6 is 11.8 Å². The van der Waals surface area contributed by atoms with E-state index in [0.717, 1.165) is 23.4 Å². The van der Waals surface area contributed by atoms with Crippen LogP contribution in [-0.4, -0.2) is 30.8 Å². The van der Waals surface area contributed by atoms with Gasteiger partial charge in [0.25, 0.3) is 5.91 Å². The fraction of sp³-hybridized carbons (Fsp3) is 0.533. The van der Waals surface area contributed by atoms with Crippen molar-refractivity contribution in [2.45, 2.75) is 37.2 Å². The van der Waals surface area contributed by atoms with E-state index in [9.17, 15) is 4.79 Å². The molecule has 1 aliphatic heterocycles. The average Bonchev–Trinajstić information content (AvgIpc) is 2.42. The molecule has 0 aromatic heterocycles. The van der Waals surface area contributed by atoms with Crippen molar-refractivity contribution in [2.24, 2.45) is 5.92 Å². The Morgan fingerprint density at radius 2 is 2.11 bits per heavy atom. The predicted octanol–water partition coefficient (Wildman–Crippen LogP) is 2.52. The van der Waals surface area contributed by atoms with E-state index >= 15 is 0 Å². The smallest absolute Gasteiger partial charge is 0.252 e. The van der Waals surface area contributed by atoms with Crippen LogP contribution in [0.15, 0.2) is 29.2 Å². The van der Waals surface area contributed by atoms with E-state index in [-0.39, 0.29) is 11.9 Å². The van der Waals surface area contributed by atoms with Gasteiger partial charge < -0.3 is 10.6 Å². The zero-order chi connectivity index (χ0) is 13.8. The summed E-state index contributed by atoms with van der Waals surface area (Å²) in [6, 6.07) is 8.31. The Kier molecular flexibility index (Phi) is 4.88. The van der Waals surface area contributed by atoms with E-state index < -0.39 is 0 Å². The summed E-state index contributed by atoms with van der Waals surface area (Å²) in [5.41, 5.74) is 0.778. The molecule has 1 amide bonds. The molecule has 1 saturated heterocycles. The maximum Gasteiger partial charge on any atom is 0.252 e. The third-order valence-electron chi connectivity index (χ3n) is 3.87. The third kappa shape index (κ3) is 3.31. The second-order valence-corrected chi connectivity index (χ2v) is 6.06. The van der Waals surface area contributed by atoms with Gasteiger partial charge in [-0.05, 0) is 44.2 Å². The number of benzene rings is 1. The van der Waals surface area contributed by atoms with Gasteiger partial charge in [0.1, 0.15) is 0 Å². The van der Waals surface area contributed by atoms with Crippen molar-refractivity contribution in [2.75, 3.05) is 12.8 Å². The number of nitrogens with one attached hydrogen (secondary N) is 2. The molecule has 2 N–H and O–H groups in total.